The molecule has 1 aromatic heterocycles. The molecule has 0 unspecified atom stereocenters. The molecule has 106 valence electrons. The van der Waals surface area contributed by atoms with Crippen molar-refractivity contribution in [1.29, 1.82) is 5.26 Å². The van der Waals surface area contributed by atoms with Gasteiger partial charge in [-0.25, -0.2) is 9.97 Å². The van der Waals surface area contributed by atoms with Crippen molar-refractivity contribution in [3.63, 3.8) is 0 Å². The van der Waals surface area contributed by atoms with Crippen molar-refractivity contribution in [3.05, 3.63) is 15.9 Å². The minimum atomic E-state index is -0.487. The van der Waals surface area contributed by atoms with Gasteiger partial charge < -0.3 is 4.90 Å². The van der Waals surface area contributed by atoms with E-state index in [1.807, 2.05) is 10.3 Å². The van der Waals surface area contributed by atoms with Gasteiger partial charge in [0.15, 0.2) is 5.03 Å². The van der Waals surface area contributed by atoms with Gasteiger partial charge in [0.1, 0.15) is 11.2 Å². The second-order valence-electron chi connectivity index (χ2n) is 4.60. The molecule has 0 amide bonds. The number of aromatic nitrogens is 2. The predicted molar refractivity (Wildman–Crippen MR) is 75.6 cm³/mol. The Morgan fingerprint density at radius 1 is 1.30 bits per heavy atom. The van der Waals surface area contributed by atoms with Gasteiger partial charge in [-0.2, -0.15) is 5.26 Å². The van der Waals surface area contributed by atoms with E-state index in [1.54, 1.807) is 6.92 Å². The summed E-state index contributed by atoms with van der Waals surface area (Å²) in [7, 11) is 0. The smallest absolute Gasteiger partial charge is 0.344 e. The fraction of sp³-hybridized carbons (Fsp3) is 0.583. The van der Waals surface area contributed by atoms with Crippen molar-refractivity contribution in [2.24, 2.45) is 0 Å². The number of thioether (sulfide) groups is 1. The molecule has 0 aliphatic carbocycles. The lowest BCUT2D eigenvalue weighted by atomic mass is 10.2. The molecule has 0 aromatic carbocycles. The molecule has 0 saturated carbocycles. The van der Waals surface area contributed by atoms with Crippen LogP contribution in [-0.2, 0) is 0 Å². The third-order valence-corrected chi connectivity index (χ3v) is 3.75. The molecule has 2 rings (SSSR count). The maximum Gasteiger partial charge on any atom is 0.344 e. The lowest BCUT2D eigenvalue weighted by molar-refractivity contribution is -0.387. The first-order valence-corrected chi connectivity index (χ1v) is 7.29. The maximum absolute atomic E-state index is 11.3. The molecule has 0 atom stereocenters. The van der Waals surface area contributed by atoms with E-state index < -0.39 is 4.92 Å². The first-order chi connectivity index (χ1) is 9.63. The van der Waals surface area contributed by atoms with E-state index in [2.05, 4.69) is 9.97 Å². The number of nitrogens with zero attached hydrogens (tertiary/aromatic N) is 5. The third-order valence-electron chi connectivity index (χ3n) is 3.18. The summed E-state index contributed by atoms with van der Waals surface area (Å²) in [6.45, 7) is 3.20. The van der Waals surface area contributed by atoms with Crippen LogP contribution >= 0.6 is 11.8 Å². The molecule has 20 heavy (non-hydrogen) atoms. The average Bonchev–Trinajstić information content (AvgIpc) is 2.66. The van der Waals surface area contributed by atoms with Gasteiger partial charge >= 0.3 is 5.69 Å². The minimum absolute atomic E-state index is 0.129. The summed E-state index contributed by atoms with van der Waals surface area (Å²) in [5.41, 5.74) is -0.149. The Balaban J connectivity index is 2.49. The summed E-state index contributed by atoms with van der Waals surface area (Å²) in [5, 5.41) is 22.1. The minimum Gasteiger partial charge on any atom is -0.351 e. The van der Waals surface area contributed by atoms with E-state index in [0.29, 0.717) is 23.4 Å². The number of thiocyanates is 1. The maximum atomic E-state index is 11.3. The molecule has 2 heterocycles. The topological polar surface area (TPSA) is 95.9 Å². The number of nitro groups is 1. The highest BCUT2D eigenvalue weighted by atomic mass is 32.2. The van der Waals surface area contributed by atoms with Gasteiger partial charge in [0.05, 0.1) is 4.92 Å². The van der Waals surface area contributed by atoms with Gasteiger partial charge in [-0.1, -0.05) is 12.8 Å². The fourth-order valence-corrected chi connectivity index (χ4v) is 2.83. The molecule has 0 radical (unpaired) electrons. The van der Waals surface area contributed by atoms with Crippen LogP contribution in [0.1, 0.15) is 31.5 Å². The second kappa shape index (κ2) is 6.52. The Bertz CT molecular complexity index is 550. The summed E-state index contributed by atoms with van der Waals surface area (Å²) in [4.78, 5) is 21.1. The quantitative estimate of drug-likeness (QED) is 0.278. The first kappa shape index (κ1) is 14.5. The van der Waals surface area contributed by atoms with Crippen LogP contribution in [0.3, 0.4) is 0 Å². The normalized spacial score (nSPS) is 15.5. The molecule has 1 aromatic rings. The molecular weight excluding hydrogens is 278 g/mol. The number of aryl methyl sites for hydroxylation is 1. The van der Waals surface area contributed by atoms with Crippen molar-refractivity contribution in [2.45, 2.75) is 37.6 Å². The van der Waals surface area contributed by atoms with Crippen LogP contribution in [0, 0.1) is 27.7 Å². The average molecular weight is 293 g/mol. The zero-order valence-electron chi connectivity index (χ0n) is 11.2. The van der Waals surface area contributed by atoms with Crippen LogP contribution in [0.5, 0.6) is 0 Å². The number of hydrogen-bond donors (Lipinski definition) is 0. The first-order valence-electron chi connectivity index (χ1n) is 6.47. The molecule has 0 bridgehead atoms. The third kappa shape index (κ3) is 3.17. The molecule has 1 fully saturated rings. The molecule has 0 spiro atoms. The molecule has 0 N–H and O–H groups in total. The highest BCUT2D eigenvalue weighted by molar-refractivity contribution is 8.03. The Labute approximate surface area is 121 Å². The van der Waals surface area contributed by atoms with Crippen molar-refractivity contribution in [2.75, 3.05) is 18.0 Å². The zero-order valence-corrected chi connectivity index (χ0v) is 12.0. The Hall–Kier alpha value is -1.88. The van der Waals surface area contributed by atoms with Crippen LogP contribution in [0.2, 0.25) is 0 Å². The van der Waals surface area contributed by atoms with Crippen LogP contribution in [0.15, 0.2) is 5.03 Å². The van der Waals surface area contributed by atoms with E-state index in [4.69, 9.17) is 5.26 Å². The van der Waals surface area contributed by atoms with Gasteiger partial charge in [0.25, 0.3) is 0 Å². The zero-order chi connectivity index (χ0) is 14.5. The largest absolute Gasteiger partial charge is 0.351 e. The van der Waals surface area contributed by atoms with E-state index in [-0.39, 0.29) is 10.7 Å². The van der Waals surface area contributed by atoms with Gasteiger partial charge in [-0.05, 0) is 19.8 Å². The Kier molecular flexibility index (Phi) is 4.74. The molecule has 1 saturated heterocycles. The SMILES string of the molecule is Cc1nc(SC#N)c([N+](=O)[O-])c(N2CCCCCC2)n1. The summed E-state index contributed by atoms with van der Waals surface area (Å²) in [6, 6.07) is 0. The number of anilines is 1. The lowest BCUT2D eigenvalue weighted by Crippen LogP contribution is -2.26. The number of rotatable bonds is 3. The van der Waals surface area contributed by atoms with Gasteiger partial charge in [0, 0.05) is 24.9 Å². The molecule has 1 aliphatic heterocycles. The number of hydrogen-bond acceptors (Lipinski definition) is 7. The van der Waals surface area contributed by atoms with Crippen molar-refractivity contribution < 1.29 is 4.92 Å². The van der Waals surface area contributed by atoms with E-state index in [0.717, 1.165) is 38.8 Å². The summed E-state index contributed by atoms with van der Waals surface area (Å²) >= 11 is 0.714. The standard InChI is InChI=1S/C12H15N5O2S/c1-9-14-11(16-6-4-2-3-5-7-16)10(17(18)19)12(15-9)20-8-13/h2-7H2,1H3. The van der Waals surface area contributed by atoms with Crippen LogP contribution in [0.4, 0.5) is 11.5 Å². The van der Waals surface area contributed by atoms with Crippen molar-refractivity contribution in [1.82, 2.24) is 9.97 Å². The van der Waals surface area contributed by atoms with E-state index in [9.17, 15) is 10.1 Å². The molecule has 7 nitrogen and oxygen atoms in total. The second-order valence-corrected chi connectivity index (χ2v) is 5.37. The predicted octanol–water partition coefficient (Wildman–Crippen LogP) is 2.65. The summed E-state index contributed by atoms with van der Waals surface area (Å²) in [6.07, 6.45) is 4.27. The summed E-state index contributed by atoms with van der Waals surface area (Å²) < 4.78 is 0. The van der Waals surface area contributed by atoms with Gasteiger partial charge in [-0.3, -0.25) is 10.1 Å². The monoisotopic (exact) mass is 293 g/mol. The number of nitriles is 1. The van der Waals surface area contributed by atoms with E-state index in [1.165, 1.54) is 0 Å². The molecule has 8 heteroatoms. The van der Waals surface area contributed by atoms with Crippen LogP contribution in [-0.4, -0.2) is 28.0 Å². The Morgan fingerprint density at radius 3 is 2.50 bits per heavy atom. The highest BCUT2D eigenvalue weighted by Crippen LogP contribution is 2.35. The highest BCUT2D eigenvalue weighted by Gasteiger charge is 2.28. The molecule has 1 aliphatic rings. The Morgan fingerprint density at radius 2 is 1.95 bits per heavy atom. The van der Waals surface area contributed by atoms with E-state index >= 15 is 0 Å². The fourth-order valence-electron chi connectivity index (χ4n) is 2.30. The summed E-state index contributed by atoms with van der Waals surface area (Å²) in [5.74, 6) is 0.801. The molecular formula is C12H15N5O2S. The lowest BCUT2D eigenvalue weighted by Gasteiger charge is -2.21. The van der Waals surface area contributed by atoms with Crippen LogP contribution < -0.4 is 4.90 Å². The van der Waals surface area contributed by atoms with Gasteiger partial charge in [0.2, 0.25) is 5.82 Å². The van der Waals surface area contributed by atoms with Crippen molar-refractivity contribution >= 4 is 23.3 Å². The van der Waals surface area contributed by atoms with Crippen LogP contribution in [0.25, 0.3) is 0 Å². The van der Waals surface area contributed by atoms with Crippen molar-refractivity contribution in [3.8, 4) is 5.40 Å². The van der Waals surface area contributed by atoms with Gasteiger partial charge in [-0.15, -0.1) is 0 Å².